The van der Waals surface area contributed by atoms with Crippen molar-refractivity contribution in [1.82, 2.24) is 0 Å². The van der Waals surface area contributed by atoms with Crippen LogP contribution in [0.15, 0.2) is 46.9 Å². The minimum Gasteiger partial charge on any atom is -0.465 e. The van der Waals surface area contributed by atoms with Gasteiger partial charge in [0.25, 0.3) is 5.91 Å². The molecule has 21 heavy (non-hydrogen) atoms. The van der Waals surface area contributed by atoms with E-state index in [2.05, 4.69) is 10.1 Å². The van der Waals surface area contributed by atoms with Crippen molar-refractivity contribution in [2.45, 2.75) is 0 Å². The lowest BCUT2D eigenvalue weighted by molar-refractivity contribution is 0.0606. The Morgan fingerprint density at radius 3 is 2.76 bits per heavy atom. The van der Waals surface area contributed by atoms with Crippen molar-refractivity contribution in [3.63, 3.8) is 0 Å². The molecule has 0 radical (unpaired) electrons. The average Bonchev–Trinajstić information content (AvgIpc) is 3.12. The van der Waals surface area contributed by atoms with E-state index in [1.165, 1.54) is 7.11 Å². The Morgan fingerprint density at radius 1 is 1.19 bits per heavy atom. The summed E-state index contributed by atoms with van der Waals surface area (Å²) in [5.74, 6) is -0.557. The maximum Gasteiger partial charge on any atom is 0.348 e. The van der Waals surface area contributed by atoms with E-state index in [0.717, 1.165) is 16.7 Å². The number of hydrogen-bond donors (Lipinski definition) is 1. The van der Waals surface area contributed by atoms with Crippen molar-refractivity contribution in [3.8, 4) is 0 Å². The van der Waals surface area contributed by atoms with Crippen molar-refractivity contribution in [2.24, 2.45) is 0 Å². The van der Waals surface area contributed by atoms with Crippen molar-refractivity contribution in [1.29, 1.82) is 0 Å². The fourth-order valence-corrected chi connectivity index (χ4v) is 2.70. The molecule has 0 aliphatic heterocycles. The first-order chi connectivity index (χ1) is 10.2. The fourth-order valence-electron chi connectivity index (χ4n) is 1.88. The van der Waals surface area contributed by atoms with Crippen LogP contribution in [0.3, 0.4) is 0 Å². The predicted molar refractivity (Wildman–Crippen MR) is 79.8 cm³/mol. The fraction of sp³-hybridized carbons (Fsp3) is 0.0667. The first kappa shape index (κ1) is 13.4. The van der Waals surface area contributed by atoms with Gasteiger partial charge in [-0.2, -0.15) is 0 Å². The summed E-state index contributed by atoms with van der Waals surface area (Å²) in [4.78, 5) is 23.9. The highest BCUT2D eigenvalue weighted by atomic mass is 32.1. The lowest BCUT2D eigenvalue weighted by Crippen LogP contribution is -2.09. The van der Waals surface area contributed by atoms with Gasteiger partial charge in [0.1, 0.15) is 10.5 Å². The van der Waals surface area contributed by atoms with Crippen LogP contribution in [0, 0.1) is 0 Å². The Balaban J connectivity index is 1.79. The Hall–Kier alpha value is -2.60. The van der Waals surface area contributed by atoms with Crippen LogP contribution in [0.1, 0.15) is 20.2 Å². The molecule has 3 rings (SSSR count). The molecule has 0 unspecified atom stereocenters. The summed E-state index contributed by atoms with van der Waals surface area (Å²) in [5.41, 5.74) is 0.657. The van der Waals surface area contributed by atoms with Gasteiger partial charge in [-0.3, -0.25) is 4.79 Å². The van der Waals surface area contributed by atoms with E-state index in [-0.39, 0.29) is 11.7 Å². The number of esters is 1. The molecule has 6 heteroatoms. The Kier molecular flexibility index (Phi) is 3.45. The average molecular weight is 301 g/mol. The number of rotatable bonds is 3. The zero-order valence-corrected chi connectivity index (χ0v) is 11.9. The molecule has 0 aliphatic carbocycles. The first-order valence-corrected chi connectivity index (χ1v) is 6.97. The molecule has 106 valence electrons. The van der Waals surface area contributed by atoms with E-state index in [1.807, 2.05) is 18.2 Å². The summed E-state index contributed by atoms with van der Waals surface area (Å²) in [6.07, 6.45) is 0. The number of methoxy groups -OCH3 is 1. The van der Waals surface area contributed by atoms with Gasteiger partial charge in [0.15, 0.2) is 5.76 Å². The van der Waals surface area contributed by atoms with Crippen LogP contribution in [0.25, 0.3) is 11.0 Å². The van der Waals surface area contributed by atoms with Gasteiger partial charge in [-0.15, -0.1) is 11.3 Å². The van der Waals surface area contributed by atoms with Gasteiger partial charge in [-0.05, 0) is 24.3 Å². The minimum absolute atomic E-state index is 0.226. The van der Waals surface area contributed by atoms with Crippen LogP contribution in [0.5, 0.6) is 0 Å². The minimum atomic E-state index is -0.427. The van der Waals surface area contributed by atoms with E-state index < -0.39 is 5.97 Å². The van der Waals surface area contributed by atoms with Crippen molar-refractivity contribution < 1.29 is 18.7 Å². The summed E-state index contributed by atoms with van der Waals surface area (Å²) in [7, 11) is 1.31. The number of furan rings is 1. The third-order valence-corrected chi connectivity index (χ3v) is 3.86. The van der Waals surface area contributed by atoms with Gasteiger partial charge >= 0.3 is 5.97 Å². The lowest BCUT2D eigenvalue weighted by atomic mass is 10.2. The number of fused-ring (bicyclic) bond motifs is 1. The molecule has 2 aromatic heterocycles. The Labute approximate surface area is 124 Å². The summed E-state index contributed by atoms with van der Waals surface area (Å²) in [6.45, 7) is 0. The third kappa shape index (κ3) is 2.66. The highest BCUT2D eigenvalue weighted by Crippen LogP contribution is 2.24. The van der Waals surface area contributed by atoms with Crippen LogP contribution >= 0.6 is 11.3 Å². The van der Waals surface area contributed by atoms with Gasteiger partial charge in [0, 0.05) is 5.39 Å². The van der Waals surface area contributed by atoms with Gasteiger partial charge in [-0.25, -0.2) is 4.79 Å². The number of hydrogen-bond acceptors (Lipinski definition) is 5. The van der Waals surface area contributed by atoms with E-state index in [1.54, 1.807) is 24.3 Å². The van der Waals surface area contributed by atoms with Gasteiger partial charge in [0.05, 0.1) is 12.1 Å². The van der Waals surface area contributed by atoms with E-state index in [4.69, 9.17) is 4.42 Å². The van der Waals surface area contributed by atoms with Crippen LogP contribution < -0.4 is 5.32 Å². The Bertz CT molecular complexity index is 785. The molecule has 0 fully saturated rings. The molecule has 0 spiro atoms. The standard InChI is InChI=1S/C15H11NO4S/c1-19-15(18)12-6-7-13(21-12)16-14(17)11-8-9-4-2-3-5-10(9)20-11/h2-8H,1H3,(H,16,17). The number of amides is 1. The highest BCUT2D eigenvalue weighted by Gasteiger charge is 2.15. The van der Waals surface area contributed by atoms with Crippen LogP contribution in [-0.4, -0.2) is 19.0 Å². The summed E-state index contributed by atoms with van der Waals surface area (Å²) >= 11 is 1.15. The topological polar surface area (TPSA) is 68.5 Å². The molecule has 0 saturated carbocycles. The molecular formula is C15H11NO4S. The number of benzene rings is 1. The first-order valence-electron chi connectivity index (χ1n) is 6.15. The summed E-state index contributed by atoms with van der Waals surface area (Å²) in [5, 5.41) is 4.12. The van der Waals surface area contributed by atoms with Gasteiger partial charge in [0.2, 0.25) is 0 Å². The number of thiophene rings is 1. The van der Waals surface area contributed by atoms with Crippen molar-refractivity contribution in [2.75, 3.05) is 12.4 Å². The quantitative estimate of drug-likeness (QED) is 0.751. The Morgan fingerprint density at radius 2 is 2.00 bits per heavy atom. The van der Waals surface area contributed by atoms with Crippen LogP contribution in [-0.2, 0) is 4.74 Å². The largest absolute Gasteiger partial charge is 0.465 e. The highest BCUT2D eigenvalue weighted by molar-refractivity contribution is 7.18. The number of ether oxygens (including phenoxy) is 1. The van der Waals surface area contributed by atoms with Crippen LogP contribution in [0.4, 0.5) is 5.00 Å². The maximum absolute atomic E-state index is 12.1. The molecule has 1 aromatic carbocycles. The predicted octanol–water partition coefficient (Wildman–Crippen LogP) is 3.53. The molecule has 5 nitrogen and oxygen atoms in total. The van der Waals surface area contributed by atoms with Crippen molar-refractivity contribution in [3.05, 3.63) is 53.1 Å². The zero-order chi connectivity index (χ0) is 14.8. The summed E-state index contributed by atoms with van der Waals surface area (Å²) < 4.78 is 10.1. The van der Waals surface area contributed by atoms with Crippen molar-refractivity contribution >= 4 is 39.2 Å². The smallest absolute Gasteiger partial charge is 0.348 e. The van der Waals surface area contributed by atoms with E-state index in [0.29, 0.717) is 15.5 Å². The second-order valence-electron chi connectivity index (χ2n) is 4.26. The maximum atomic E-state index is 12.1. The molecular weight excluding hydrogens is 290 g/mol. The molecule has 2 heterocycles. The number of carbonyl (C=O) groups is 2. The van der Waals surface area contributed by atoms with Crippen LogP contribution in [0.2, 0.25) is 0 Å². The lowest BCUT2D eigenvalue weighted by Gasteiger charge is -1.98. The molecule has 0 atom stereocenters. The normalized spacial score (nSPS) is 10.5. The SMILES string of the molecule is COC(=O)c1ccc(NC(=O)c2cc3ccccc3o2)s1. The van der Waals surface area contributed by atoms with Gasteiger partial charge in [-0.1, -0.05) is 18.2 Å². The van der Waals surface area contributed by atoms with E-state index in [9.17, 15) is 9.59 Å². The third-order valence-electron chi connectivity index (χ3n) is 2.88. The monoisotopic (exact) mass is 301 g/mol. The molecule has 0 saturated heterocycles. The number of anilines is 1. The molecule has 0 aliphatic rings. The van der Waals surface area contributed by atoms with Gasteiger partial charge < -0.3 is 14.5 Å². The second kappa shape index (κ2) is 5.41. The number of nitrogens with one attached hydrogen (secondary N) is 1. The number of para-hydroxylation sites is 1. The zero-order valence-electron chi connectivity index (χ0n) is 11.1. The summed E-state index contributed by atoms with van der Waals surface area (Å²) in [6, 6.07) is 12.3. The van der Waals surface area contributed by atoms with E-state index >= 15 is 0 Å². The number of carbonyl (C=O) groups excluding carboxylic acids is 2. The molecule has 3 aromatic rings. The molecule has 1 amide bonds. The molecule has 1 N–H and O–H groups in total. The second-order valence-corrected chi connectivity index (χ2v) is 5.34. The molecule has 0 bridgehead atoms.